The molecule has 2 aromatic carbocycles. The molecule has 2 heterocycles. The van der Waals surface area contributed by atoms with E-state index in [-0.39, 0.29) is 31.1 Å². The number of alkyl carbamates (subject to hydrolysis) is 1. The molecule has 5 atom stereocenters. The minimum atomic E-state index is -0.999. The molecule has 2 aliphatic rings. The molecule has 2 N–H and O–H groups in total. The molecule has 0 bridgehead atoms. The summed E-state index contributed by atoms with van der Waals surface area (Å²) >= 11 is 6.33. The predicted octanol–water partition coefficient (Wildman–Crippen LogP) is 6.63. The van der Waals surface area contributed by atoms with Gasteiger partial charge >= 0.3 is 18.3 Å². The third-order valence-electron chi connectivity index (χ3n) is 8.70. The Hall–Kier alpha value is -3.50. The molecular formula is C34H46ClN3O7. The molecule has 0 spiro atoms. The lowest BCUT2D eigenvalue weighted by atomic mass is 9.80. The summed E-state index contributed by atoms with van der Waals surface area (Å²) in [6.45, 7) is 6.15. The summed E-state index contributed by atoms with van der Waals surface area (Å²) in [5.41, 5.74) is 1.89. The van der Waals surface area contributed by atoms with Gasteiger partial charge in [-0.1, -0.05) is 67.9 Å². The van der Waals surface area contributed by atoms with Crippen LogP contribution in [0.3, 0.4) is 0 Å². The maximum Gasteiger partial charge on any atom is 0.410 e. The number of halogens is 1. The number of methoxy groups -OCH3 is 1. The van der Waals surface area contributed by atoms with E-state index < -0.39 is 30.4 Å². The van der Waals surface area contributed by atoms with Crippen molar-refractivity contribution < 1.29 is 33.7 Å². The molecule has 2 aliphatic heterocycles. The van der Waals surface area contributed by atoms with Crippen LogP contribution in [0.2, 0.25) is 5.02 Å². The smallest absolute Gasteiger partial charge is 0.410 e. The average molecular weight is 644 g/mol. The van der Waals surface area contributed by atoms with Gasteiger partial charge in [0.2, 0.25) is 0 Å². The van der Waals surface area contributed by atoms with Crippen LogP contribution in [0.1, 0.15) is 56.8 Å². The van der Waals surface area contributed by atoms with Gasteiger partial charge in [0.05, 0.1) is 25.9 Å². The fourth-order valence-electron chi connectivity index (χ4n) is 6.69. The molecular weight excluding hydrogens is 598 g/mol. The van der Waals surface area contributed by atoms with Gasteiger partial charge in [-0.25, -0.2) is 14.4 Å². The number of amides is 3. The first-order valence-corrected chi connectivity index (χ1v) is 16.2. The van der Waals surface area contributed by atoms with Gasteiger partial charge in [0.25, 0.3) is 0 Å². The fraction of sp³-hybridized carbons (Fsp3) is 0.559. The number of nitrogens with zero attached hydrogens (tertiary/aromatic N) is 2. The number of nitrogens with one attached hydrogen (secondary N) is 1. The maximum absolute atomic E-state index is 13.9. The van der Waals surface area contributed by atoms with Crippen LogP contribution in [0.5, 0.6) is 0 Å². The number of piperidine rings is 2. The second-order valence-electron chi connectivity index (χ2n) is 12.4. The predicted molar refractivity (Wildman–Crippen MR) is 171 cm³/mol. The highest BCUT2D eigenvalue weighted by Crippen LogP contribution is 2.36. The summed E-state index contributed by atoms with van der Waals surface area (Å²) in [5.74, 6) is 0.369. The molecule has 0 aromatic heterocycles. The molecule has 3 amide bonds. The Balaban J connectivity index is 1.52. The van der Waals surface area contributed by atoms with E-state index in [1.54, 1.807) is 11.0 Å². The van der Waals surface area contributed by atoms with Crippen LogP contribution in [0.15, 0.2) is 54.6 Å². The van der Waals surface area contributed by atoms with E-state index in [2.05, 4.69) is 23.9 Å². The third-order valence-corrected chi connectivity index (χ3v) is 8.94. The number of carbonyl (C=O) groups is 3. The van der Waals surface area contributed by atoms with Crippen LogP contribution in [0.25, 0.3) is 0 Å². The Bertz CT molecular complexity index is 1260. The molecule has 2 aromatic rings. The highest BCUT2D eigenvalue weighted by Gasteiger charge is 2.44. The molecule has 11 heteroatoms. The van der Waals surface area contributed by atoms with Crippen molar-refractivity contribution in [1.29, 1.82) is 0 Å². The summed E-state index contributed by atoms with van der Waals surface area (Å²) in [4.78, 5) is 41.0. The number of carboxylic acid groups (broad SMARTS) is 1. The lowest BCUT2D eigenvalue weighted by Gasteiger charge is -2.45. The Morgan fingerprint density at radius 2 is 1.84 bits per heavy atom. The number of hydrogen-bond donors (Lipinski definition) is 2. The third kappa shape index (κ3) is 9.74. The first-order chi connectivity index (χ1) is 21.7. The molecule has 1 unspecified atom stereocenters. The van der Waals surface area contributed by atoms with Gasteiger partial charge in [-0.05, 0) is 61.3 Å². The number of likely N-dealkylation sites (tertiary alicyclic amines) is 2. The van der Waals surface area contributed by atoms with Gasteiger partial charge < -0.3 is 34.4 Å². The van der Waals surface area contributed by atoms with Crippen LogP contribution in [0.4, 0.5) is 14.4 Å². The Labute approximate surface area is 270 Å². The average Bonchev–Trinajstić information content (AvgIpc) is 3.02. The Morgan fingerprint density at radius 3 is 2.53 bits per heavy atom. The van der Waals surface area contributed by atoms with E-state index in [1.807, 2.05) is 48.5 Å². The molecule has 246 valence electrons. The van der Waals surface area contributed by atoms with Crippen molar-refractivity contribution >= 4 is 29.9 Å². The van der Waals surface area contributed by atoms with Crippen LogP contribution >= 0.6 is 11.6 Å². The number of ether oxygens (including phenoxy) is 3. The molecule has 45 heavy (non-hydrogen) atoms. The molecule has 2 fully saturated rings. The van der Waals surface area contributed by atoms with E-state index in [0.29, 0.717) is 43.4 Å². The zero-order chi connectivity index (χ0) is 32.3. The quantitative estimate of drug-likeness (QED) is 0.264. The minimum absolute atomic E-state index is 0.0451. The van der Waals surface area contributed by atoms with Crippen LogP contribution in [0, 0.1) is 17.8 Å². The highest BCUT2D eigenvalue weighted by atomic mass is 35.5. The van der Waals surface area contributed by atoms with E-state index in [9.17, 15) is 19.5 Å². The molecule has 0 saturated carbocycles. The summed E-state index contributed by atoms with van der Waals surface area (Å²) in [6.07, 6.45) is 0.628. The topological polar surface area (TPSA) is 118 Å². The fourth-order valence-corrected chi connectivity index (χ4v) is 6.89. The number of rotatable bonds is 11. The normalized spacial score (nSPS) is 22.5. The van der Waals surface area contributed by atoms with Crippen molar-refractivity contribution in [1.82, 2.24) is 15.1 Å². The zero-order valence-electron chi connectivity index (χ0n) is 26.4. The molecule has 2 saturated heterocycles. The van der Waals surface area contributed by atoms with E-state index in [0.717, 1.165) is 30.4 Å². The van der Waals surface area contributed by atoms with Crippen LogP contribution in [-0.2, 0) is 20.6 Å². The SMILES string of the molecule is COC(=O)NCCO[C@@H](c1cccc(Cl)c1)[C@@H]1CCCN(C(=O)O[C@@H]2C(Cc3ccccc3)N(C(=O)O)CC[C@H]2CC(C)C)C1. The first-order valence-electron chi connectivity index (χ1n) is 15.8. The second-order valence-corrected chi connectivity index (χ2v) is 12.8. The van der Waals surface area contributed by atoms with E-state index >= 15 is 0 Å². The van der Waals surface area contributed by atoms with Crippen molar-refractivity contribution in [2.24, 2.45) is 17.8 Å². The van der Waals surface area contributed by atoms with Crippen LogP contribution < -0.4 is 5.32 Å². The number of hydrogen-bond acceptors (Lipinski definition) is 6. The summed E-state index contributed by atoms with van der Waals surface area (Å²) in [5, 5.41) is 13.4. The van der Waals surface area contributed by atoms with Gasteiger partial charge in [-0.15, -0.1) is 0 Å². The van der Waals surface area contributed by atoms with Gasteiger partial charge in [0, 0.05) is 43.0 Å². The monoisotopic (exact) mass is 643 g/mol. The molecule has 0 aliphatic carbocycles. The van der Waals surface area contributed by atoms with E-state index in [4.69, 9.17) is 21.1 Å². The molecule has 0 radical (unpaired) electrons. The highest BCUT2D eigenvalue weighted by molar-refractivity contribution is 6.30. The van der Waals surface area contributed by atoms with Crippen molar-refractivity contribution in [2.75, 3.05) is 39.9 Å². The summed E-state index contributed by atoms with van der Waals surface area (Å²) in [6, 6.07) is 16.8. The number of benzene rings is 2. The maximum atomic E-state index is 13.9. The van der Waals surface area contributed by atoms with Gasteiger partial charge in [-0.2, -0.15) is 0 Å². The van der Waals surface area contributed by atoms with E-state index in [1.165, 1.54) is 12.0 Å². The Kier molecular flexibility index (Phi) is 12.8. The standard InChI is InChI=1S/C34H46ClN3O7/c1-23(2)19-26-14-17-38(33(40)41)29(20-24-9-5-4-6-10-24)31(26)45-34(42)37-16-8-12-27(22-37)30(25-11-7-13-28(35)21-25)44-18-15-36-32(39)43-3/h4-7,9-11,13,21,23,26-27,29-31H,8,12,14-20,22H2,1-3H3,(H,36,39)(H,40,41)/t26-,27+,29?,30-,31-/m0/s1. The number of carbonyl (C=O) groups excluding carboxylic acids is 2. The van der Waals surface area contributed by atoms with Gasteiger partial charge in [0.1, 0.15) is 6.10 Å². The van der Waals surface area contributed by atoms with Gasteiger partial charge in [-0.3, -0.25) is 0 Å². The summed E-state index contributed by atoms with van der Waals surface area (Å²) < 4.78 is 17.3. The second kappa shape index (κ2) is 16.7. The largest absolute Gasteiger partial charge is 0.465 e. The van der Waals surface area contributed by atoms with Crippen molar-refractivity contribution in [3.8, 4) is 0 Å². The first kappa shape index (κ1) is 34.4. The lowest BCUT2D eigenvalue weighted by Crippen LogP contribution is -2.58. The van der Waals surface area contributed by atoms with Gasteiger partial charge in [0.15, 0.2) is 0 Å². The molecule has 10 nitrogen and oxygen atoms in total. The Morgan fingerprint density at radius 1 is 1.07 bits per heavy atom. The summed E-state index contributed by atoms with van der Waals surface area (Å²) in [7, 11) is 1.31. The minimum Gasteiger partial charge on any atom is -0.465 e. The van der Waals surface area contributed by atoms with Crippen LogP contribution in [-0.4, -0.2) is 85.2 Å². The molecule has 4 rings (SSSR count). The van der Waals surface area contributed by atoms with Crippen molar-refractivity contribution in [3.05, 3.63) is 70.7 Å². The van der Waals surface area contributed by atoms with Crippen molar-refractivity contribution in [3.63, 3.8) is 0 Å². The van der Waals surface area contributed by atoms with Crippen molar-refractivity contribution in [2.45, 2.75) is 64.2 Å². The zero-order valence-corrected chi connectivity index (χ0v) is 27.2. The lowest BCUT2D eigenvalue weighted by molar-refractivity contribution is -0.0570.